The number of hydrogen-bond donors (Lipinski definition) is 1. The fourth-order valence-electron chi connectivity index (χ4n) is 3.02. The maximum absolute atomic E-state index is 5.39. The second-order valence-electron chi connectivity index (χ2n) is 5.92. The van der Waals surface area contributed by atoms with Crippen LogP contribution in [0.1, 0.15) is 19.8 Å². The average molecular weight is 276 g/mol. The molecule has 1 aliphatic heterocycles. The highest BCUT2D eigenvalue weighted by molar-refractivity contribution is 5.57. The summed E-state index contributed by atoms with van der Waals surface area (Å²) in [6, 6.07) is 7.25. The first-order valence-corrected chi connectivity index (χ1v) is 7.44. The summed E-state index contributed by atoms with van der Waals surface area (Å²) in [6.07, 6.45) is 2.75. The van der Waals surface area contributed by atoms with E-state index in [2.05, 4.69) is 29.3 Å². The lowest BCUT2D eigenvalue weighted by molar-refractivity contribution is 0.372. The van der Waals surface area contributed by atoms with Crippen LogP contribution in [0.4, 0.5) is 5.69 Å². The summed E-state index contributed by atoms with van der Waals surface area (Å²) in [7, 11) is 3.40. The normalized spacial score (nSPS) is 26.4. The Balaban J connectivity index is 1.85. The van der Waals surface area contributed by atoms with Gasteiger partial charge in [0, 0.05) is 49.1 Å². The van der Waals surface area contributed by atoms with Gasteiger partial charge < -0.3 is 19.7 Å². The van der Waals surface area contributed by atoms with E-state index in [0.717, 1.165) is 30.5 Å². The molecule has 1 aliphatic carbocycles. The van der Waals surface area contributed by atoms with Crippen molar-refractivity contribution in [2.24, 2.45) is 5.92 Å². The highest BCUT2D eigenvalue weighted by atomic mass is 16.5. The minimum Gasteiger partial charge on any atom is -0.497 e. The molecule has 2 fully saturated rings. The first-order chi connectivity index (χ1) is 9.71. The van der Waals surface area contributed by atoms with Crippen LogP contribution in [0.2, 0.25) is 0 Å². The number of methoxy groups -OCH3 is 2. The molecule has 1 aromatic rings. The summed E-state index contributed by atoms with van der Waals surface area (Å²) >= 11 is 0. The van der Waals surface area contributed by atoms with Gasteiger partial charge in [-0.3, -0.25) is 0 Å². The maximum atomic E-state index is 5.39. The van der Waals surface area contributed by atoms with Crippen molar-refractivity contribution in [3.63, 3.8) is 0 Å². The van der Waals surface area contributed by atoms with Gasteiger partial charge in [-0.15, -0.1) is 0 Å². The molecule has 110 valence electrons. The van der Waals surface area contributed by atoms with Crippen LogP contribution in [-0.2, 0) is 0 Å². The zero-order chi connectivity index (χ0) is 14.1. The summed E-state index contributed by atoms with van der Waals surface area (Å²) < 4.78 is 10.8. The Bertz CT molecular complexity index is 451. The van der Waals surface area contributed by atoms with Crippen LogP contribution in [0.15, 0.2) is 18.2 Å². The van der Waals surface area contributed by atoms with E-state index in [9.17, 15) is 0 Å². The molecule has 2 aliphatic rings. The number of benzene rings is 1. The Morgan fingerprint density at radius 1 is 1.10 bits per heavy atom. The number of hydrogen-bond acceptors (Lipinski definition) is 4. The van der Waals surface area contributed by atoms with Crippen LogP contribution in [0, 0.1) is 5.92 Å². The molecule has 0 bridgehead atoms. The Hall–Kier alpha value is -1.42. The van der Waals surface area contributed by atoms with E-state index in [0.29, 0.717) is 12.1 Å². The smallest absolute Gasteiger partial charge is 0.124 e. The second-order valence-corrected chi connectivity index (χ2v) is 5.92. The quantitative estimate of drug-likeness (QED) is 0.915. The van der Waals surface area contributed by atoms with E-state index in [1.54, 1.807) is 14.2 Å². The molecule has 0 amide bonds. The lowest BCUT2D eigenvalue weighted by Crippen LogP contribution is -2.56. The molecule has 0 radical (unpaired) electrons. The molecular weight excluding hydrogens is 252 g/mol. The van der Waals surface area contributed by atoms with Crippen molar-refractivity contribution in [3.05, 3.63) is 18.2 Å². The molecule has 4 nitrogen and oxygen atoms in total. The molecule has 2 unspecified atom stereocenters. The first kappa shape index (κ1) is 13.6. The maximum Gasteiger partial charge on any atom is 0.124 e. The van der Waals surface area contributed by atoms with Gasteiger partial charge in [-0.2, -0.15) is 0 Å². The molecule has 1 N–H and O–H groups in total. The monoisotopic (exact) mass is 276 g/mol. The first-order valence-electron chi connectivity index (χ1n) is 7.44. The van der Waals surface area contributed by atoms with Gasteiger partial charge in [0.25, 0.3) is 0 Å². The number of ether oxygens (including phenoxy) is 2. The average Bonchev–Trinajstić information content (AvgIpc) is 3.31. The Morgan fingerprint density at radius 2 is 1.75 bits per heavy atom. The van der Waals surface area contributed by atoms with Crippen molar-refractivity contribution in [3.8, 4) is 11.5 Å². The summed E-state index contributed by atoms with van der Waals surface area (Å²) in [6.45, 7) is 4.38. The summed E-state index contributed by atoms with van der Waals surface area (Å²) in [5.74, 6) is 2.58. The highest BCUT2D eigenvalue weighted by Crippen LogP contribution is 2.36. The van der Waals surface area contributed by atoms with Crippen LogP contribution >= 0.6 is 0 Å². The molecule has 1 saturated carbocycles. The Kier molecular flexibility index (Phi) is 3.74. The lowest BCUT2D eigenvalue weighted by Gasteiger charge is -2.40. The standard InChI is InChI=1S/C16H24N2O2/c1-11-9-17-16(12-4-5-12)10-18(11)13-6-14(19-2)8-15(7-13)20-3/h6-8,11-12,16-17H,4-5,9-10H2,1-3H3. The minimum absolute atomic E-state index is 0.488. The number of anilines is 1. The van der Waals surface area contributed by atoms with Crippen molar-refractivity contribution < 1.29 is 9.47 Å². The van der Waals surface area contributed by atoms with Crippen molar-refractivity contribution in [1.82, 2.24) is 5.32 Å². The fraction of sp³-hybridized carbons (Fsp3) is 0.625. The van der Waals surface area contributed by atoms with Crippen LogP contribution in [0.3, 0.4) is 0 Å². The van der Waals surface area contributed by atoms with Crippen molar-refractivity contribution in [2.75, 3.05) is 32.2 Å². The highest BCUT2D eigenvalue weighted by Gasteiger charge is 2.36. The Labute approximate surface area is 121 Å². The Morgan fingerprint density at radius 3 is 2.30 bits per heavy atom. The van der Waals surface area contributed by atoms with E-state index in [1.807, 2.05) is 6.07 Å². The van der Waals surface area contributed by atoms with E-state index in [-0.39, 0.29) is 0 Å². The number of nitrogens with zero attached hydrogens (tertiary/aromatic N) is 1. The zero-order valence-electron chi connectivity index (χ0n) is 12.6. The lowest BCUT2D eigenvalue weighted by atomic mass is 10.0. The fourth-order valence-corrected chi connectivity index (χ4v) is 3.02. The molecule has 1 saturated heterocycles. The summed E-state index contributed by atoms with van der Waals surface area (Å²) in [5.41, 5.74) is 1.20. The van der Waals surface area contributed by atoms with Gasteiger partial charge in [0.05, 0.1) is 14.2 Å². The number of rotatable bonds is 4. The molecule has 20 heavy (non-hydrogen) atoms. The number of nitrogens with one attached hydrogen (secondary N) is 1. The SMILES string of the molecule is COc1cc(OC)cc(N2CC(C3CC3)NCC2C)c1. The van der Waals surface area contributed by atoms with E-state index < -0.39 is 0 Å². The number of piperazine rings is 1. The summed E-state index contributed by atoms with van der Waals surface area (Å²) in [5, 5.41) is 3.68. The van der Waals surface area contributed by atoms with Gasteiger partial charge in [0.1, 0.15) is 11.5 Å². The zero-order valence-corrected chi connectivity index (χ0v) is 12.6. The van der Waals surface area contributed by atoms with Gasteiger partial charge in [-0.05, 0) is 25.7 Å². The minimum atomic E-state index is 0.488. The molecule has 4 heteroatoms. The van der Waals surface area contributed by atoms with Crippen molar-refractivity contribution in [1.29, 1.82) is 0 Å². The van der Waals surface area contributed by atoms with Crippen molar-refractivity contribution >= 4 is 5.69 Å². The van der Waals surface area contributed by atoms with Gasteiger partial charge in [0.15, 0.2) is 0 Å². The van der Waals surface area contributed by atoms with E-state index in [4.69, 9.17) is 9.47 Å². The molecule has 2 atom stereocenters. The molecule has 0 aromatic heterocycles. The predicted molar refractivity (Wildman–Crippen MR) is 80.9 cm³/mol. The third-order valence-corrected chi connectivity index (χ3v) is 4.46. The summed E-state index contributed by atoms with van der Waals surface area (Å²) in [4.78, 5) is 2.48. The van der Waals surface area contributed by atoms with Crippen LogP contribution < -0.4 is 19.7 Å². The van der Waals surface area contributed by atoms with Gasteiger partial charge in [-0.1, -0.05) is 0 Å². The largest absolute Gasteiger partial charge is 0.497 e. The molecule has 1 aromatic carbocycles. The molecule has 1 heterocycles. The predicted octanol–water partition coefficient (Wildman–Crippen LogP) is 2.28. The van der Waals surface area contributed by atoms with E-state index >= 15 is 0 Å². The second kappa shape index (κ2) is 5.52. The van der Waals surface area contributed by atoms with Crippen molar-refractivity contribution in [2.45, 2.75) is 31.8 Å². The third-order valence-electron chi connectivity index (χ3n) is 4.46. The van der Waals surface area contributed by atoms with Gasteiger partial charge in [0.2, 0.25) is 0 Å². The molecule has 0 spiro atoms. The van der Waals surface area contributed by atoms with Gasteiger partial charge in [-0.25, -0.2) is 0 Å². The van der Waals surface area contributed by atoms with E-state index in [1.165, 1.54) is 18.5 Å². The van der Waals surface area contributed by atoms with Gasteiger partial charge >= 0.3 is 0 Å². The third kappa shape index (κ3) is 2.70. The van der Waals surface area contributed by atoms with Crippen LogP contribution in [0.25, 0.3) is 0 Å². The topological polar surface area (TPSA) is 33.7 Å². The van der Waals surface area contributed by atoms with Crippen LogP contribution in [-0.4, -0.2) is 39.4 Å². The molecular formula is C16H24N2O2. The van der Waals surface area contributed by atoms with Crippen LogP contribution in [0.5, 0.6) is 11.5 Å². The molecule has 3 rings (SSSR count).